The molecule has 1 saturated heterocycles. The average molecular weight is 257 g/mol. The second kappa shape index (κ2) is 6.23. The SMILES string of the molecule is CNC(=O)C1CCCN(C(=O)N[C@@H](C)C(=O)O)C1. The fourth-order valence-corrected chi connectivity index (χ4v) is 1.92. The van der Waals surface area contributed by atoms with Crippen molar-refractivity contribution in [3.05, 3.63) is 0 Å². The van der Waals surface area contributed by atoms with Crippen LogP contribution in [-0.4, -0.2) is 54.1 Å². The summed E-state index contributed by atoms with van der Waals surface area (Å²) in [5.41, 5.74) is 0. The highest BCUT2D eigenvalue weighted by atomic mass is 16.4. The van der Waals surface area contributed by atoms with Crippen LogP contribution in [0.25, 0.3) is 0 Å². The smallest absolute Gasteiger partial charge is 0.325 e. The largest absolute Gasteiger partial charge is 0.480 e. The highest BCUT2D eigenvalue weighted by Gasteiger charge is 2.28. The molecule has 1 aliphatic heterocycles. The summed E-state index contributed by atoms with van der Waals surface area (Å²) in [4.78, 5) is 35.4. The van der Waals surface area contributed by atoms with Crippen LogP contribution in [-0.2, 0) is 9.59 Å². The quantitative estimate of drug-likeness (QED) is 0.642. The van der Waals surface area contributed by atoms with E-state index >= 15 is 0 Å². The number of aliphatic carboxylic acids is 1. The highest BCUT2D eigenvalue weighted by Crippen LogP contribution is 2.16. The van der Waals surface area contributed by atoms with Crippen LogP contribution in [0.4, 0.5) is 4.79 Å². The van der Waals surface area contributed by atoms with E-state index in [0.717, 1.165) is 12.8 Å². The van der Waals surface area contributed by atoms with Gasteiger partial charge in [-0.15, -0.1) is 0 Å². The zero-order valence-corrected chi connectivity index (χ0v) is 10.6. The molecule has 18 heavy (non-hydrogen) atoms. The lowest BCUT2D eigenvalue weighted by molar-refractivity contribution is -0.138. The number of carboxylic acids is 1. The molecule has 7 nitrogen and oxygen atoms in total. The number of amides is 3. The number of hydrogen-bond acceptors (Lipinski definition) is 3. The van der Waals surface area contributed by atoms with Gasteiger partial charge in [0.1, 0.15) is 6.04 Å². The van der Waals surface area contributed by atoms with Crippen molar-refractivity contribution in [3.63, 3.8) is 0 Å². The van der Waals surface area contributed by atoms with E-state index in [4.69, 9.17) is 5.11 Å². The van der Waals surface area contributed by atoms with Gasteiger partial charge in [0, 0.05) is 20.1 Å². The molecule has 7 heteroatoms. The summed E-state index contributed by atoms with van der Waals surface area (Å²) in [7, 11) is 1.56. The third-order valence-corrected chi connectivity index (χ3v) is 3.04. The number of urea groups is 1. The number of carbonyl (C=O) groups excluding carboxylic acids is 2. The Morgan fingerprint density at radius 1 is 1.39 bits per heavy atom. The molecule has 0 aromatic rings. The van der Waals surface area contributed by atoms with Crippen LogP contribution in [0.3, 0.4) is 0 Å². The fourth-order valence-electron chi connectivity index (χ4n) is 1.92. The molecule has 1 unspecified atom stereocenters. The molecule has 102 valence electrons. The van der Waals surface area contributed by atoms with E-state index in [1.165, 1.54) is 11.8 Å². The molecule has 0 aromatic heterocycles. The summed E-state index contributed by atoms with van der Waals surface area (Å²) in [6, 6.07) is -1.36. The van der Waals surface area contributed by atoms with Crippen molar-refractivity contribution >= 4 is 17.9 Å². The lowest BCUT2D eigenvalue weighted by Gasteiger charge is -2.32. The van der Waals surface area contributed by atoms with Crippen molar-refractivity contribution in [2.24, 2.45) is 5.92 Å². The van der Waals surface area contributed by atoms with Gasteiger partial charge in [0.05, 0.1) is 5.92 Å². The number of carbonyl (C=O) groups is 3. The second-order valence-corrected chi connectivity index (χ2v) is 4.41. The first-order valence-electron chi connectivity index (χ1n) is 5.95. The second-order valence-electron chi connectivity index (χ2n) is 4.41. The molecule has 0 bridgehead atoms. The van der Waals surface area contributed by atoms with Gasteiger partial charge in [0.15, 0.2) is 0 Å². The van der Waals surface area contributed by atoms with Gasteiger partial charge in [-0.3, -0.25) is 9.59 Å². The van der Waals surface area contributed by atoms with Gasteiger partial charge >= 0.3 is 12.0 Å². The van der Waals surface area contributed by atoms with Gasteiger partial charge in [-0.05, 0) is 19.8 Å². The van der Waals surface area contributed by atoms with Crippen LogP contribution < -0.4 is 10.6 Å². The van der Waals surface area contributed by atoms with Crippen molar-refractivity contribution in [2.75, 3.05) is 20.1 Å². The zero-order valence-electron chi connectivity index (χ0n) is 10.6. The number of hydrogen-bond donors (Lipinski definition) is 3. The standard InChI is InChI=1S/C11H19N3O4/c1-7(10(16)17)13-11(18)14-5-3-4-8(6-14)9(15)12-2/h7-8H,3-6H2,1-2H3,(H,12,15)(H,13,18)(H,16,17)/t7-,8?/m0/s1. The van der Waals surface area contributed by atoms with Crippen LogP contribution in [0.15, 0.2) is 0 Å². The van der Waals surface area contributed by atoms with Crippen LogP contribution in [0.2, 0.25) is 0 Å². The zero-order chi connectivity index (χ0) is 13.7. The van der Waals surface area contributed by atoms with E-state index in [1.807, 2.05) is 0 Å². The van der Waals surface area contributed by atoms with E-state index in [9.17, 15) is 14.4 Å². The van der Waals surface area contributed by atoms with Gasteiger partial charge in [-0.1, -0.05) is 0 Å². The Bertz CT molecular complexity index is 345. The van der Waals surface area contributed by atoms with Gasteiger partial charge in [0.2, 0.25) is 5.91 Å². The molecule has 3 N–H and O–H groups in total. The Morgan fingerprint density at radius 3 is 2.61 bits per heavy atom. The van der Waals surface area contributed by atoms with E-state index in [1.54, 1.807) is 7.05 Å². The maximum absolute atomic E-state index is 11.8. The summed E-state index contributed by atoms with van der Waals surface area (Å²) in [5.74, 6) is -1.38. The first-order chi connectivity index (χ1) is 8.45. The predicted molar refractivity (Wildman–Crippen MR) is 64.0 cm³/mol. The first kappa shape index (κ1) is 14.3. The minimum Gasteiger partial charge on any atom is -0.480 e. The average Bonchev–Trinajstić information content (AvgIpc) is 2.37. The molecule has 3 amide bonds. The van der Waals surface area contributed by atoms with Crippen molar-refractivity contribution in [2.45, 2.75) is 25.8 Å². The monoisotopic (exact) mass is 257 g/mol. The summed E-state index contributed by atoms with van der Waals surface area (Å²) in [6.45, 7) is 2.28. The Hall–Kier alpha value is -1.79. The van der Waals surface area contributed by atoms with E-state index in [2.05, 4.69) is 10.6 Å². The normalized spacial score (nSPS) is 21.0. The lowest BCUT2D eigenvalue weighted by atomic mass is 9.97. The Morgan fingerprint density at radius 2 is 2.06 bits per heavy atom. The summed E-state index contributed by atoms with van der Waals surface area (Å²) >= 11 is 0. The maximum Gasteiger partial charge on any atom is 0.325 e. The minimum absolute atomic E-state index is 0.0845. The van der Waals surface area contributed by atoms with Crippen molar-refractivity contribution < 1.29 is 19.5 Å². The van der Waals surface area contributed by atoms with Crippen molar-refractivity contribution in [3.8, 4) is 0 Å². The van der Waals surface area contributed by atoms with Gasteiger partial charge in [-0.25, -0.2) is 4.79 Å². The number of nitrogens with zero attached hydrogens (tertiary/aromatic N) is 1. The fraction of sp³-hybridized carbons (Fsp3) is 0.727. The molecule has 1 rings (SSSR count). The Kier molecular flexibility index (Phi) is 4.94. The molecule has 0 aromatic carbocycles. The van der Waals surface area contributed by atoms with E-state index < -0.39 is 18.0 Å². The molecule has 0 spiro atoms. The molecule has 0 saturated carbocycles. The van der Waals surface area contributed by atoms with Gasteiger partial charge in [0.25, 0.3) is 0 Å². The summed E-state index contributed by atoms with van der Waals surface area (Å²) in [5, 5.41) is 13.7. The third kappa shape index (κ3) is 3.61. The molecule has 1 heterocycles. The maximum atomic E-state index is 11.8. The first-order valence-corrected chi connectivity index (χ1v) is 5.95. The van der Waals surface area contributed by atoms with Gasteiger partial charge in [-0.2, -0.15) is 0 Å². The molecule has 2 atom stereocenters. The molecular formula is C11H19N3O4. The van der Waals surface area contributed by atoms with Crippen LogP contribution in [0.5, 0.6) is 0 Å². The minimum atomic E-state index is -1.08. The topological polar surface area (TPSA) is 98.7 Å². The summed E-state index contributed by atoms with van der Waals surface area (Å²) in [6.07, 6.45) is 1.49. The number of carboxylic acid groups (broad SMARTS) is 1. The van der Waals surface area contributed by atoms with Gasteiger partial charge < -0.3 is 20.6 Å². The number of nitrogens with one attached hydrogen (secondary N) is 2. The van der Waals surface area contributed by atoms with Crippen LogP contribution >= 0.6 is 0 Å². The van der Waals surface area contributed by atoms with E-state index in [-0.39, 0.29) is 11.8 Å². The lowest BCUT2D eigenvalue weighted by Crippen LogP contribution is -2.51. The molecule has 0 aliphatic carbocycles. The predicted octanol–water partition coefficient (Wildman–Crippen LogP) is -0.373. The highest BCUT2D eigenvalue weighted by molar-refractivity contribution is 5.83. The molecule has 1 aliphatic rings. The number of piperidine rings is 1. The molecule has 0 radical (unpaired) electrons. The molecule has 1 fully saturated rings. The Balaban J connectivity index is 2.53. The van der Waals surface area contributed by atoms with E-state index in [0.29, 0.717) is 13.1 Å². The number of likely N-dealkylation sites (tertiary alicyclic amines) is 1. The Labute approximate surface area is 106 Å². The summed E-state index contributed by atoms with van der Waals surface area (Å²) < 4.78 is 0. The van der Waals surface area contributed by atoms with Crippen LogP contribution in [0.1, 0.15) is 19.8 Å². The molecular weight excluding hydrogens is 238 g/mol. The third-order valence-electron chi connectivity index (χ3n) is 3.04. The van der Waals surface area contributed by atoms with Crippen molar-refractivity contribution in [1.29, 1.82) is 0 Å². The number of rotatable bonds is 3. The van der Waals surface area contributed by atoms with Crippen molar-refractivity contribution in [1.82, 2.24) is 15.5 Å². The van der Waals surface area contributed by atoms with Crippen LogP contribution in [0, 0.1) is 5.92 Å².